The molecule has 5 nitrogen and oxygen atoms in total. The van der Waals surface area contributed by atoms with Crippen LogP contribution >= 0.6 is 23.8 Å². The normalized spacial score (nSPS) is 14.4. The van der Waals surface area contributed by atoms with Gasteiger partial charge in [0.15, 0.2) is 16.6 Å². The van der Waals surface area contributed by atoms with Crippen LogP contribution in [-0.2, 0) is 11.2 Å². The summed E-state index contributed by atoms with van der Waals surface area (Å²) in [5.74, 6) is -0.0985. The van der Waals surface area contributed by atoms with Crippen molar-refractivity contribution in [3.8, 4) is 11.5 Å². The molecule has 7 heteroatoms. The SMILES string of the molecule is COc1cc(CC2=NC(=S)NC2=O)c(Cl)cc1O. The van der Waals surface area contributed by atoms with Gasteiger partial charge in [0.1, 0.15) is 5.71 Å². The van der Waals surface area contributed by atoms with E-state index < -0.39 is 0 Å². The van der Waals surface area contributed by atoms with Gasteiger partial charge in [-0.1, -0.05) is 11.6 Å². The van der Waals surface area contributed by atoms with Crippen LogP contribution in [-0.4, -0.2) is 28.9 Å². The fourth-order valence-corrected chi connectivity index (χ4v) is 1.98. The molecule has 0 atom stereocenters. The Bertz CT molecular complexity index is 572. The second-order valence-corrected chi connectivity index (χ2v) is 4.40. The quantitative estimate of drug-likeness (QED) is 0.824. The molecular formula is C11H9ClN2O3S. The largest absolute Gasteiger partial charge is 0.504 e. The molecule has 94 valence electrons. The third-order valence-electron chi connectivity index (χ3n) is 2.42. The van der Waals surface area contributed by atoms with Gasteiger partial charge in [0.05, 0.1) is 7.11 Å². The molecule has 0 radical (unpaired) electrons. The number of benzene rings is 1. The van der Waals surface area contributed by atoms with Crippen LogP contribution in [0.4, 0.5) is 0 Å². The number of aliphatic imine (C=N–C) groups is 1. The van der Waals surface area contributed by atoms with Crippen LogP contribution < -0.4 is 10.1 Å². The van der Waals surface area contributed by atoms with Crippen molar-refractivity contribution in [1.29, 1.82) is 0 Å². The second kappa shape index (κ2) is 4.91. The Kier molecular flexibility index (Phi) is 3.49. The topological polar surface area (TPSA) is 70.9 Å². The summed E-state index contributed by atoms with van der Waals surface area (Å²) < 4.78 is 4.98. The minimum atomic E-state index is -0.330. The van der Waals surface area contributed by atoms with E-state index in [0.717, 1.165) is 0 Å². The Morgan fingerprint density at radius 1 is 1.56 bits per heavy atom. The van der Waals surface area contributed by atoms with Crippen molar-refractivity contribution in [2.24, 2.45) is 4.99 Å². The zero-order valence-corrected chi connectivity index (χ0v) is 10.9. The first kappa shape index (κ1) is 12.8. The molecule has 1 amide bonds. The van der Waals surface area contributed by atoms with Crippen molar-refractivity contribution < 1.29 is 14.6 Å². The zero-order chi connectivity index (χ0) is 13.3. The third kappa shape index (κ3) is 2.44. The number of thiocarbonyl (C=S) groups is 1. The number of halogens is 1. The first-order valence-corrected chi connectivity index (χ1v) is 5.78. The first-order chi connectivity index (χ1) is 8.51. The van der Waals surface area contributed by atoms with Gasteiger partial charge in [-0.3, -0.25) is 10.1 Å². The molecule has 0 unspecified atom stereocenters. The number of phenolic OH excluding ortho intramolecular Hbond substituents is 1. The number of carbonyl (C=O) groups is 1. The summed E-state index contributed by atoms with van der Waals surface area (Å²) in [7, 11) is 1.43. The van der Waals surface area contributed by atoms with Gasteiger partial charge in [-0.05, 0) is 23.8 Å². The number of hydrogen-bond donors (Lipinski definition) is 2. The van der Waals surface area contributed by atoms with E-state index >= 15 is 0 Å². The number of nitrogens with one attached hydrogen (secondary N) is 1. The van der Waals surface area contributed by atoms with Gasteiger partial charge in [0.25, 0.3) is 5.91 Å². The molecule has 1 aliphatic heterocycles. The maximum Gasteiger partial charge on any atom is 0.272 e. The molecule has 0 aliphatic carbocycles. The van der Waals surface area contributed by atoms with E-state index in [-0.39, 0.29) is 34.7 Å². The predicted molar refractivity (Wildman–Crippen MR) is 71.5 cm³/mol. The summed E-state index contributed by atoms with van der Waals surface area (Å²) in [5.41, 5.74) is 0.916. The fraction of sp³-hybridized carbons (Fsp3) is 0.182. The number of hydrogen-bond acceptors (Lipinski definition) is 4. The lowest BCUT2D eigenvalue weighted by atomic mass is 10.1. The molecule has 2 rings (SSSR count). The zero-order valence-electron chi connectivity index (χ0n) is 9.36. The smallest absolute Gasteiger partial charge is 0.272 e. The van der Waals surface area contributed by atoms with E-state index in [2.05, 4.69) is 10.3 Å². The van der Waals surface area contributed by atoms with Gasteiger partial charge in [0.2, 0.25) is 0 Å². The van der Waals surface area contributed by atoms with Crippen molar-refractivity contribution in [2.45, 2.75) is 6.42 Å². The minimum Gasteiger partial charge on any atom is -0.504 e. The van der Waals surface area contributed by atoms with Crippen LogP contribution in [0.1, 0.15) is 5.56 Å². The summed E-state index contributed by atoms with van der Waals surface area (Å²) >= 11 is 10.8. The van der Waals surface area contributed by atoms with Crippen molar-refractivity contribution in [2.75, 3.05) is 7.11 Å². The molecule has 2 N–H and O–H groups in total. The Hall–Kier alpha value is -1.66. The van der Waals surface area contributed by atoms with E-state index in [4.69, 9.17) is 28.6 Å². The lowest BCUT2D eigenvalue weighted by Crippen LogP contribution is -2.26. The van der Waals surface area contributed by atoms with E-state index in [0.29, 0.717) is 10.6 Å². The van der Waals surface area contributed by atoms with Crippen molar-refractivity contribution in [3.63, 3.8) is 0 Å². The van der Waals surface area contributed by atoms with E-state index in [9.17, 15) is 9.90 Å². The third-order valence-corrected chi connectivity index (χ3v) is 2.97. The Morgan fingerprint density at radius 2 is 2.28 bits per heavy atom. The monoisotopic (exact) mass is 284 g/mol. The molecule has 1 aromatic carbocycles. The van der Waals surface area contributed by atoms with E-state index in [1.54, 1.807) is 6.07 Å². The molecule has 0 bridgehead atoms. The summed E-state index contributed by atoms with van der Waals surface area (Å²) in [6, 6.07) is 2.93. The highest BCUT2D eigenvalue weighted by Crippen LogP contribution is 2.32. The lowest BCUT2D eigenvalue weighted by Gasteiger charge is -2.08. The number of ether oxygens (including phenoxy) is 1. The van der Waals surface area contributed by atoms with Crippen LogP contribution in [0.3, 0.4) is 0 Å². The van der Waals surface area contributed by atoms with Crippen LogP contribution in [0, 0.1) is 0 Å². The second-order valence-electron chi connectivity index (χ2n) is 3.61. The Labute approximate surface area is 113 Å². The highest BCUT2D eigenvalue weighted by Gasteiger charge is 2.22. The van der Waals surface area contributed by atoms with Crippen LogP contribution in [0.15, 0.2) is 17.1 Å². The van der Waals surface area contributed by atoms with Crippen LogP contribution in [0.25, 0.3) is 0 Å². The fourth-order valence-electron chi connectivity index (χ4n) is 1.55. The molecule has 1 aliphatic rings. The van der Waals surface area contributed by atoms with Crippen molar-refractivity contribution >= 4 is 40.6 Å². The summed E-state index contributed by atoms with van der Waals surface area (Å²) in [4.78, 5) is 15.4. The molecule has 0 spiro atoms. The highest BCUT2D eigenvalue weighted by molar-refractivity contribution is 7.80. The maximum absolute atomic E-state index is 11.5. The van der Waals surface area contributed by atoms with Crippen molar-refractivity contribution in [1.82, 2.24) is 5.32 Å². The lowest BCUT2D eigenvalue weighted by molar-refractivity contribution is -0.113. The number of aromatic hydroxyl groups is 1. The molecular weight excluding hydrogens is 276 g/mol. The van der Waals surface area contributed by atoms with Gasteiger partial charge in [0, 0.05) is 17.5 Å². The average Bonchev–Trinajstić information content (AvgIpc) is 2.61. The van der Waals surface area contributed by atoms with Crippen molar-refractivity contribution in [3.05, 3.63) is 22.7 Å². The van der Waals surface area contributed by atoms with Gasteiger partial charge < -0.3 is 9.84 Å². The average molecular weight is 285 g/mol. The summed E-state index contributed by atoms with van der Waals surface area (Å²) in [6.07, 6.45) is 0.224. The van der Waals surface area contributed by atoms with Gasteiger partial charge in [-0.2, -0.15) is 0 Å². The molecule has 18 heavy (non-hydrogen) atoms. The molecule has 0 aromatic heterocycles. The van der Waals surface area contributed by atoms with E-state index in [1.807, 2.05) is 0 Å². The number of amides is 1. The number of phenols is 1. The minimum absolute atomic E-state index is 0.0559. The molecule has 0 fully saturated rings. The molecule has 1 aromatic rings. The summed E-state index contributed by atoms with van der Waals surface area (Å²) in [6.45, 7) is 0. The Morgan fingerprint density at radius 3 is 2.83 bits per heavy atom. The number of carbonyl (C=O) groups excluding carboxylic acids is 1. The summed E-state index contributed by atoms with van der Waals surface area (Å²) in [5, 5.41) is 12.4. The predicted octanol–water partition coefficient (Wildman–Crippen LogP) is 1.45. The van der Waals surface area contributed by atoms with Gasteiger partial charge in [-0.15, -0.1) is 0 Å². The highest BCUT2D eigenvalue weighted by atomic mass is 35.5. The number of nitrogens with zero attached hydrogens (tertiary/aromatic N) is 1. The van der Waals surface area contributed by atoms with Gasteiger partial charge >= 0.3 is 0 Å². The van der Waals surface area contributed by atoms with E-state index in [1.165, 1.54) is 13.2 Å². The standard InChI is InChI=1S/C11H9ClN2O3S/c1-17-9-3-5(6(12)4-8(9)15)2-7-10(16)14-11(18)13-7/h3-4,15H,2H2,1H3,(H,14,16,18). The molecule has 0 saturated heterocycles. The van der Waals surface area contributed by atoms with Crippen LogP contribution in [0.2, 0.25) is 5.02 Å². The Balaban J connectivity index is 2.32. The van der Waals surface area contributed by atoms with Crippen LogP contribution in [0.5, 0.6) is 11.5 Å². The first-order valence-electron chi connectivity index (χ1n) is 4.99. The maximum atomic E-state index is 11.5. The molecule has 0 saturated carbocycles. The molecule has 1 heterocycles. The number of methoxy groups -OCH3 is 1. The van der Waals surface area contributed by atoms with Gasteiger partial charge in [-0.25, -0.2) is 4.99 Å². The number of rotatable bonds is 3.